The number of anilines is 1. The summed E-state index contributed by atoms with van der Waals surface area (Å²) in [4.78, 5) is 29.0. The Balaban J connectivity index is 1.88. The van der Waals surface area contributed by atoms with Gasteiger partial charge in [0.05, 0.1) is 22.4 Å². The van der Waals surface area contributed by atoms with Crippen molar-refractivity contribution in [3.8, 4) is 5.69 Å². The molecule has 7 nitrogen and oxygen atoms in total. The summed E-state index contributed by atoms with van der Waals surface area (Å²) < 4.78 is 21.0. The first-order valence-electron chi connectivity index (χ1n) is 11.8. The number of rotatable bonds is 8. The first-order valence-corrected chi connectivity index (χ1v) is 13.7. The lowest BCUT2D eigenvalue weighted by molar-refractivity contribution is -0.122. The zero-order chi connectivity index (χ0) is 25.9. The van der Waals surface area contributed by atoms with Gasteiger partial charge in [-0.05, 0) is 36.1 Å². The first kappa shape index (κ1) is 26.4. The molecule has 1 aliphatic heterocycles. The summed E-state index contributed by atoms with van der Waals surface area (Å²) in [5.74, 6) is -0.132. The molecule has 2 amide bonds. The van der Waals surface area contributed by atoms with E-state index in [9.17, 15) is 14.0 Å². The van der Waals surface area contributed by atoms with Crippen molar-refractivity contribution >= 4 is 40.7 Å². The van der Waals surface area contributed by atoms with Crippen LogP contribution in [-0.2, 0) is 19.7 Å². The molecule has 0 fully saturated rings. The van der Waals surface area contributed by atoms with E-state index < -0.39 is 5.82 Å². The number of halogens is 1. The average Bonchev–Trinajstić information content (AvgIpc) is 3.47. The molecule has 0 radical (unpaired) electrons. The van der Waals surface area contributed by atoms with E-state index in [2.05, 4.69) is 32.2 Å². The summed E-state index contributed by atoms with van der Waals surface area (Å²) in [5, 5.41) is 9.70. The molecular formula is C26H31FN4O3S2. The molecule has 0 aliphatic carbocycles. The summed E-state index contributed by atoms with van der Waals surface area (Å²) >= 11 is 3.16. The molecule has 3 heterocycles. The minimum Gasteiger partial charge on any atom is -0.385 e. The Morgan fingerprint density at radius 3 is 2.75 bits per heavy atom. The predicted octanol–water partition coefficient (Wildman–Crippen LogP) is 4.69. The number of methoxy groups -OCH3 is 1. The van der Waals surface area contributed by atoms with E-state index >= 15 is 0 Å². The van der Waals surface area contributed by atoms with Crippen LogP contribution < -0.4 is 10.2 Å². The van der Waals surface area contributed by atoms with Gasteiger partial charge in [0.15, 0.2) is 0 Å². The second-order valence-electron chi connectivity index (χ2n) is 9.61. The molecule has 1 aliphatic rings. The molecule has 3 aromatic rings. The topological polar surface area (TPSA) is 76.5 Å². The highest BCUT2D eigenvalue weighted by atomic mass is 32.2. The number of fused-ring (bicyclic) bond motifs is 1. The van der Waals surface area contributed by atoms with Crippen molar-refractivity contribution in [2.75, 3.05) is 37.5 Å². The summed E-state index contributed by atoms with van der Waals surface area (Å²) in [6.07, 6.45) is 0.674. The number of aromatic nitrogens is 2. The van der Waals surface area contributed by atoms with Gasteiger partial charge in [0.25, 0.3) is 0 Å². The lowest BCUT2D eigenvalue weighted by atomic mass is 9.88. The molecule has 0 bridgehead atoms. The van der Waals surface area contributed by atoms with Crippen LogP contribution in [0.5, 0.6) is 0 Å². The van der Waals surface area contributed by atoms with Gasteiger partial charge >= 0.3 is 0 Å². The van der Waals surface area contributed by atoms with E-state index in [0.717, 1.165) is 16.1 Å². The monoisotopic (exact) mass is 530 g/mol. The molecule has 2 aromatic heterocycles. The van der Waals surface area contributed by atoms with Gasteiger partial charge in [-0.2, -0.15) is 5.10 Å². The largest absolute Gasteiger partial charge is 0.385 e. The summed E-state index contributed by atoms with van der Waals surface area (Å²) in [5.41, 5.74) is 1.84. The van der Waals surface area contributed by atoms with E-state index in [-0.39, 0.29) is 34.8 Å². The van der Waals surface area contributed by atoms with Crippen LogP contribution in [0.25, 0.3) is 5.69 Å². The van der Waals surface area contributed by atoms with Gasteiger partial charge in [0, 0.05) is 36.1 Å². The molecule has 0 spiro atoms. The number of carbonyl (C=O) groups is 2. The van der Waals surface area contributed by atoms with Gasteiger partial charge in [-0.3, -0.25) is 14.5 Å². The summed E-state index contributed by atoms with van der Waals surface area (Å²) in [7, 11) is 1.61. The number of amides is 2. The predicted molar refractivity (Wildman–Crippen MR) is 143 cm³/mol. The van der Waals surface area contributed by atoms with Gasteiger partial charge in [-0.1, -0.05) is 32.9 Å². The SMILES string of the molecule is COCCCNC(=O)CN1C(=O)CS[C@@H](c2cccs2)c2c(C(C)(C)C)nn(-c3cccc(F)c3)c21. The van der Waals surface area contributed by atoms with Gasteiger partial charge in [-0.25, -0.2) is 9.07 Å². The van der Waals surface area contributed by atoms with Crippen LogP contribution in [0.15, 0.2) is 41.8 Å². The molecular weight excluding hydrogens is 499 g/mol. The van der Waals surface area contributed by atoms with Crippen molar-refractivity contribution < 1.29 is 18.7 Å². The molecule has 1 aromatic carbocycles. The number of hydrogen-bond donors (Lipinski definition) is 1. The molecule has 10 heteroatoms. The molecule has 4 rings (SSSR count). The minimum absolute atomic E-state index is 0.143. The van der Waals surface area contributed by atoms with Crippen LogP contribution in [0.3, 0.4) is 0 Å². The maximum atomic E-state index is 14.3. The number of thiophene rings is 1. The molecule has 192 valence electrons. The van der Waals surface area contributed by atoms with Gasteiger partial charge in [-0.15, -0.1) is 23.1 Å². The van der Waals surface area contributed by atoms with E-state index in [1.165, 1.54) is 28.8 Å². The lowest BCUT2D eigenvalue weighted by Crippen LogP contribution is -2.42. The number of nitrogens with one attached hydrogen (secondary N) is 1. The fourth-order valence-electron chi connectivity index (χ4n) is 4.17. The summed E-state index contributed by atoms with van der Waals surface area (Å²) in [6.45, 7) is 7.04. The Morgan fingerprint density at radius 1 is 1.28 bits per heavy atom. The number of ether oxygens (including phenoxy) is 1. The van der Waals surface area contributed by atoms with Gasteiger partial charge in [0.1, 0.15) is 18.2 Å². The average molecular weight is 531 g/mol. The van der Waals surface area contributed by atoms with Crippen LogP contribution in [0.1, 0.15) is 48.6 Å². The minimum atomic E-state index is -0.402. The van der Waals surface area contributed by atoms with Gasteiger partial charge in [0.2, 0.25) is 11.8 Å². The van der Waals surface area contributed by atoms with E-state index in [0.29, 0.717) is 31.1 Å². The standard InChI is InChI=1S/C26H31FN4O3S2/c1-26(2,3)24-22-23(19-10-6-13-35-19)36-16-21(33)30(15-20(32)28-11-7-12-34-4)25(22)31(29-24)18-9-5-8-17(27)14-18/h5-6,8-10,13-14,23H,7,11-12,15-16H2,1-4H3,(H,28,32)/t23-/m0/s1. The van der Waals surface area contributed by atoms with E-state index in [1.807, 2.05) is 11.4 Å². The quantitative estimate of drug-likeness (QED) is 0.428. The molecule has 1 N–H and O–H groups in total. The van der Waals surface area contributed by atoms with Crippen LogP contribution in [-0.4, -0.2) is 54.2 Å². The second-order valence-corrected chi connectivity index (χ2v) is 11.7. The van der Waals surface area contributed by atoms with E-state index in [1.54, 1.807) is 35.3 Å². The maximum Gasteiger partial charge on any atom is 0.240 e. The zero-order valence-electron chi connectivity index (χ0n) is 20.9. The fraction of sp³-hybridized carbons (Fsp3) is 0.423. The highest BCUT2D eigenvalue weighted by Gasteiger charge is 2.40. The number of hydrogen-bond acceptors (Lipinski definition) is 6. The normalized spacial score (nSPS) is 16.1. The smallest absolute Gasteiger partial charge is 0.240 e. The third kappa shape index (κ3) is 5.66. The van der Waals surface area contributed by atoms with Crippen LogP contribution in [0, 0.1) is 5.82 Å². The van der Waals surface area contributed by atoms with Crippen LogP contribution >= 0.6 is 23.1 Å². The fourth-order valence-corrected chi connectivity index (χ4v) is 6.35. The van der Waals surface area contributed by atoms with Crippen molar-refractivity contribution in [2.45, 2.75) is 37.9 Å². The Hall–Kier alpha value is -2.69. The Bertz CT molecular complexity index is 1220. The Kier molecular flexibility index (Phi) is 8.17. The summed E-state index contributed by atoms with van der Waals surface area (Å²) in [6, 6.07) is 10.2. The highest BCUT2D eigenvalue weighted by molar-refractivity contribution is 8.00. The zero-order valence-corrected chi connectivity index (χ0v) is 22.5. The van der Waals surface area contributed by atoms with Crippen molar-refractivity contribution in [3.63, 3.8) is 0 Å². The third-order valence-electron chi connectivity index (χ3n) is 5.80. The van der Waals surface area contributed by atoms with Crippen molar-refractivity contribution in [2.24, 2.45) is 0 Å². The van der Waals surface area contributed by atoms with E-state index in [4.69, 9.17) is 9.84 Å². The number of thioether (sulfide) groups is 1. The van der Waals surface area contributed by atoms with Crippen molar-refractivity contribution in [3.05, 3.63) is 63.7 Å². The molecule has 1 atom stereocenters. The molecule has 0 saturated carbocycles. The number of nitrogens with zero attached hydrogens (tertiary/aromatic N) is 3. The van der Waals surface area contributed by atoms with Crippen LogP contribution in [0.2, 0.25) is 0 Å². The Labute approximate surface area is 219 Å². The molecule has 0 saturated heterocycles. The molecule has 0 unspecified atom stereocenters. The number of benzene rings is 1. The maximum absolute atomic E-state index is 14.3. The second kappa shape index (κ2) is 11.1. The third-order valence-corrected chi connectivity index (χ3v) is 8.13. The Morgan fingerprint density at radius 2 is 2.08 bits per heavy atom. The van der Waals surface area contributed by atoms with Crippen molar-refractivity contribution in [1.29, 1.82) is 0 Å². The molecule has 36 heavy (non-hydrogen) atoms. The first-order chi connectivity index (χ1) is 17.2. The highest BCUT2D eigenvalue weighted by Crippen LogP contribution is 2.49. The van der Waals surface area contributed by atoms with Gasteiger partial charge < -0.3 is 10.1 Å². The lowest BCUT2D eigenvalue weighted by Gasteiger charge is -2.24. The van der Waals surface area contributed by atoms with Crippen molar-refractivity contribution in [1.82, 2.24) is 15.1 Å². The van der Waals surface area contributed by atoms with Crippen LogP contribution in [0.4, 0.5) is 10.2 Å². The number of carbonyl (C=O) groups excluding carboxylic acids is 2.